The van der Waals surface area contributed by atoms with E-state index in [4.69, 9.17) is 5.11 Å². The van der Waals surface area contributed by atoms with Crippen molar-refractivity contribution in [1.82, 2.24) is 0 Å². The Hall–Kier alpha value is -2.40. The maximum Gasteiger partial charge on any atom is 0.328 e. The molecule has 1 aromatic heterocycles. The maximum absolute atomic E-state index is 12.1. The topological polar surface area (TPSA) is 66.4 Å². The third-order valence-electron chi connectivity index (χ3n) is 3.01. The van der Waals surface area contributed by atoms with Gasteiger partial charge in [-0.3, -0.25) is 4.79 Å². The van der Waals surface area contributed by atoms with Crippen LogP contribution in [0.3, 0.4) is 0 Å². The number of aliphatic carboxylic acids is 1. The average Bonchev–Trinajstić information content (AvgIpc) is 2.85. The van der Waals surface area contributed by atoms with Crippen LogP contribution in [0.4, 0.5) is 5.69 Å². The molecule has 0 aliphatic carbocycles. The molecule has 2 N–H and O–H groups in total. The van der Waals surface area contributed by atoms with Crippen molar-refractivity contribution in [2.75, 3.05) is 5.32 Å². The van der Waals surface area contributed by atoms with E-state index in [1.165, 1.54) is 17.4 Å². The van der Waals surface area contributed by atoms with Crippen LogP contribution in [-0.4, -0.2) is 17.0 Å². The highest BCUT2D eigenvalue weighted by Gasteiger charge is 2.11. The minimum absolute atomic E-state index is 0.153. The van der Waals surface area contributed by atoms with Crippen LogP contribution in [0.25, 0.3) is 6.08 Å². The zero-order valence-electron chi connectivity index (χ0n) is 11.7. The Balaban J connectivity index is 2.21. The third kappa shape index (κ3) is 3.79. The van der Waals surface area contributed by atoms with Crippen LogP contribution in [0, 0.1) is 13.8 Å². The monoisotopic (exact) mass is 301 g/mol. The van der Waals surface area contributed by atoms with Crippen molar-refractivity contribution in [1.29, 1.82) is 0 Å². The molecule has 5 heteroatoms. The van der Waals surface area contributed by atoms with E-state index in [1.54, 1.807) is 12.1 Å². The molecule has 0 aliphatic heterocycles. The number of hydrogen-bond acceptors (Lipinski definition) is 3. The summed E-state index contributed by atoms with van der Waals surface area (Å²) in [4.78, 5) is 23.4. The van der Waals surface area contributed by atoms with Gasteiger partial charge in [0.2, 0.25) is 0 Å². The molecule has 21 heavy (non-hydrogen) atoms. The Morgan fingerprint density at radius 2 is 1.95 bits per heavy atom. The van der Waals surface area contributed by atoms with E-state index in [0.717, 1.165) is 22.8 Å². The Morgan fingerprint density at radius 1 is 1.19 bits per heavy atom. The summed E-state index contributed by atoms with van der Waals surface area (Å²) in [5.41, 5.74) is 3.29. The van der Waals surface area contributed by atoms with Crippen molar-refractivity contribution in [3.8, 4) is 0 Å². The molecule has 0 saturated carbocycles. The number of rotatable bonds is 4. The van der Waals surface area contributed by atoms with Gasteiger partial charge in [0, 0.05) is 11.8 Å². The number of aryl methyl sites for hydroxylation is 2. The normalized spacial score (nSPS) is 10.8. The number of anilines is 1. The SMILES string of the molecule is Cc1ccc(NC(=O)c2sccc2C)cc1C=CC(=O)O. The van der Waals surface area contributed by atoms with Gasteiger partial charge in [-0.1, -0.05) is 6.07 Å². The highest BCUT2D eigenvalue weighted by Crippen LogP contribution is 2.20. The summed E-state index contributed by atoms with van der Waals surface area (Å²) in [5, 5.41) is 13.4. The fraction of sp³-hybridized carbons (Fsp3) is 0.125. The fourth-order valence-electron chi connectivity index (χ4n) is 1.85. The number of benzene rings is 1. The molecule has 2 rings (SSSR count). The molecular formula is C16H15NO3S. The first-order chi connectivity index (χ1) is 9.97. The predicted octanol–water partition coefficient (Wildman–Crippen LogP) is 3.72. The van der Waals surface area contributed by atoms with Crippen molar-refractivity contribution >= 4 is 35.0 Å². The van der Waals surface area contributed by atoms with Crippen LogP contribution in [0.2, 0.25) is 0 Å². The van der Waals surface area contributed by atoms with E-state index in [2.05, 4.69) is 5.32 Å². The van der Waals surface area contributed by atoms with Crippen LogP contribution in [0.1, 0.15) is 26.4 Å². The second kappa shape index (κ2) is 6.37. The summed E-state index contributed by atoms with van der Waals surface area (Å²) in [6.07, 6.45) is 2.60. The summed E-state index contributed by atoms with van der Waals surface area (Å²) < 4.78 is 0. The summed E-state index contributed by atoms with van der Waals surface area (Å²) in [6.45, 7) is 3.78. The van der Waals surface area contributed by atoms with Gasteiger partial charge in [-0.2, -0.15) is 0 Å². The first-order valence-electron chi connectivity index (χ1n) is 6.34. The van der Waals surface area contributed by atoms with Crippen LogP contribution < -0.4 is 5.32 Å². The van der Waals surface area contributed by atoms with Crippen molar-refractivity contribution < 1.29 is 14.7 Å². The van der Waals surface area contributed by atoms with E-state index in [-0.39, 0.29) is 5.91 Å². The lowest BCUT2D eigenvalue weighted by Gasteiger charge is -2.07. The second-order valence-corrected chi connectivity index (χ2v) is 5.55. The van der Waals surface area contributed by atoms with Gasteiger partial charge in [-0.25, -0.2) is 4.79 Å². The first kappa shape index (κ1) is 15.0. The summed E-state index contributed by atoms with van der Waals surface area (Å²) in [6, 6.07) is 7.30. The Bertz CT molecular complexity index is 716. The van der Waals surface area contributed by atoms with Crippen molar-refractivity contribution in [3.05, 3.63) is 57.3 Å². The molecule has 4 nitrogen and oxygen atoms in total. The number of hydrogen-bond donors (Lipinski definition) is 2. The molecular weight excluding hydrogens is 286 g/mol. The molecule has 1 heterocycles. The molecule has 0 bridgehead atoms. The van der Waals surface area contributed by atoms with Crippen LogP contribution in [-0.2, 0) is 4.79 Å². The van der Waals surface area contributed by atoms with Gasteiger partial charge in [-0.15, -0.1) is 11.3 Å². The molecule has 0 aliphatic rings. The lowest BCUT2D eigenvalue weighted by Crippen LogP contribution is -2.11. The maximum atomic E-state index is 12.1. The van der Waals surface area contributed by atoms with E-state index in [0.29, 0.717) is 10.6 Å². The number of nitrogens with one attached hydrogen (secondary N) is 1. The molecule has 0 spiro atoms. The minimum atomic E-state index is -1.00. The molecule has 1 aromatic carbocycles. The standard InChI is InChI=1S/C16H15NO3S/c1-10-3-5-13(9-12(10)4-6-14(18)19)17-16(20)15-11(2)7-8-21-15/h3-9H,1-2H3,(H,17,20)(H,18,19). The van der Waals surface area contributed by atoms with E-state index in [9.17, 15) is 9.59 Å². The van der Waals surface area contributed by atoms with Gasteiger partial charge in [0.1, 0.15) is 0 Å². The van der Waals surface area contributed by atoms with Gasteiger partial charge in [0.25, 0.3) is 5.91 Å². The molecule has 0 saturated heterocycles. The molecule has 0 unspecified atom stereocenters. The van der Waals surface area contributed by atoms with Crippen LogP contribution >= 0.6 is 11.3 Å². The van der Waals surface area contributed by atoms with Crippen molar-refractivity contribution in [2.45, 2.75) is 13.8 Å². The van der Waals surface area contributed by atoms with Crippen LogP contribution in [0.5, 0.6) is 0 Å². The molecule has 0 fully saturated rings. The molecule has 2 aromatic rings. The van der Waals surface area contributed by atoms with Gasteiger partial charge in [0.15, 0.2) is 0 Å². The first-order valence-corrected chi connectivity index (χ1v) is 7.22. The third-order valence-corrected chi connectivity index (χ3v) is 4.03. The second-order valence-electron chi connectivity index (χ2n) is 4.63. The summed E-state index contributed by atoms with van der Waals surface area (Å²) in [7, 11) is 0. The van der Waals surface area contributed by atoms with Crippen LogP contribution in [0.15, 0.2) is 35.7 Å². The fourth-order valence-corrected chi connectivity index (χ4v) is 2.67. The number of amides is 1. The highest BCUT2D eigenvalue weighted by atomic mass is 32.1. The molecule has 0 radical (unpaired) electrons. The molecule has 1 amide bonds. The molecule has 0 atom stereocenters. The predicted molar refractivity (Wildman–Crippen MR) is 84.9 cm³/mol. The summed E-state index contributed by atoms with van der Waals surface area (Å²) >= 11 is 1.39. The van der Waals surface area contributed by atoms with E-state index in [1.807, 2.05) is 31.4 Å². The van der Waals surface area contributed by atoms with Gasteiger partial charge < -0.3 is 10.4 Å². The van der Waals surface area contributed by atoms with Gasteiger partial charge in [0.05, 0.1) is 4.88 Å². The van der Waals surface area contributed by atoms with E-state index < -0.39 is 5.97 Å². The number of carboxylic acids is 1. The Kier molecular flexibility index (Phi) is 4.55. The van der Waals surface area contributed by atoms with Gasteiger partial charge >= 0.3 is 5.97 Å². The zero-order chi connectivity index (χ0) is 15.4. The number of thiophene rings is 1. The quantitative estimate of drug-likeness (QED) is 0.846. The number of carboxylic acid groups (broad SMARTS) is 1. The Labute approximate surface area is 126 Å². The lowest BCUT2D eigenvalue weighted by atomic mass is 10.1. The number of carbonyl (C=O) groups excluding carboxylic acids is 1. The van der Waals surface area contributed by atoms with Gasteiger partial charge in [-0.05, 0) is 60.2 Å². The average molecular weight is 301 g/mol. The lowest BCUT2D eigenvalue weighted by molar-refractivity contribution is -0.131. The minimum Gasteiger partial charge on any atom is -0.478 e. The largest absolute Gasteiger partial charge is 0.478 e. The molecule has 108 valence electrons. The van der Waals surface area contributed by atoms with E-state index >= 15 is 0 Å². The smallest absolute Gasteiger partial charge is 0.328 e. The zero-order valence-corrected chi connectivity index (χ0v) is 12.5. The Morgan fingerprint density at radius 3 is 2.57 bits per heavy atom. The van der Waals surface area contributed by atoms with Crippen molar-refractivity contribution in [2.24, 2.45) is 0 Å². The summed E-state index contributed by atoms with van der Waals surface area (Å²) in [5.74, 6) is -1.16. The highest BCUT2D eigenvalue weighted by molar-refractivity contribution is 7.12. The number of carbonyl (C=O) groups is 2. The van der Waals surface area contributed by atoms with Crippen molar-refractivity contribution in [3.63, 3.8) is 0 Å².